The van der Waals surface area contributed by atoms with E-state index in [1.54, 1.807) is 18.2 Å². The number of rotatable bonds is 6. The fraction of sp³-hybridized carbons (Fsp3) is 0.261. The van der Waals surface area contributed by atoms with Crippen LogP contribution in [0.15, 0.2) is 59.5 Å². The monoisotopic (exact) mass is 424 g/mol. The number of carbonyl (C=O) groups is 3. The van der Waals surface area contributed by atoms with Crippen LogP contribution in [0.5, 0.6) is 0 Å². The number of amides is 3. The van der Waals surface area contributed by atoms with Gasteiger partial charge in [0, 0.05) is 13.1 Å². The van der Waals surface area contributed by atoms with Gasteiger partial charge in [0.15, 0.2) is 0 Å². The molecule has 0 unspecified atom stereocenters. The molecule has 0 radical (unpaired) electrons. The highest BCUT2D eigenvalue weighted by Gasteiger charge is 2.45. The van der Waals surface area contributed by atoms with Crippen LogP contribution in [0.1, 0.15) is 30.4 Å². The topological polar surface area (TPSA) is 66.5 Å². The summed E-state index contributed by atoms with van der Waals surface area (Å²) in [7, 11) is 0. The lowest BCUT2D eigenvalue weighted by Gasteiger charge is -2.40. The molecule has 0 bridgehead atoms. The summed E-state index contributed by atoms with van der Waals surface area (Å²) < 4.78 is 13.0. The predicted molar refractivity (Wildman–Crippen MR) is 114 cm³/mol. The van der Waals surface area contributed by atoms with Gasteiger partial charge in [0.05, 0.1) is 10.3 Å². The molecule has 3 amide bonds. The molecule has 1 aliphatic heterocycles. The zero-order valence-electron chi connectivity index (χ0n) is 16.3. The molecule has 1 heterocycles. The summed E-state index contributed by atoms with van der Waals surface area (Å²) in [5, 5.41) is 2.54. The van der Waals surface area contributed by atoms with Gasteiger partial charge in [-0.1, -0.05) is 48.9 Å². The summed E-state index contributed by atoms with van der Waals surface area (Å²) in [4.78, 5) is 39.1. The van der Waals surface area contributed by atoms with Gasteiger partial charge in [0.1, 0.15) is 5.82 Å². The molecule has 5 nitrogen and oxygen atoms in total. The Morgan fingerprint density at radius 1 is 1.10 bits per heavy atom. The molecular formula is C23H21FN2O3S. The molecule has 7 heteroatoms. The van der Waals surface area contributed by atoms with Crippen LogP contribution < -0.4 is 5.32 Å². The van der Waals surface area contributed by atoms with Crippen molar-refractivity contribution in [2.45, 2.75) is 24.7 Å². The molecule has 1 saturated carbocycles. The van der Waals surface area contributed by atoms with Gasteiger partial charge in [-0.15, -0.1) is 0 Å². The molecule has 1 saturated heterocycles. The molecule has 1 aliphatic carbocycles. The third kappa shape index (κ3) is 3.89. The Hall–Kier alpha value is -2.93. The minimum atomic E-state index is -0.511. The molecule has 2 aromatic rings. The smallest absolute Gasteiger partial charge is 0.293 e. The second kappa shape index (κ2) is 8.44. The van der Waals surface area contributed by atoms with Gasteiger partial charge in [-0.3, -0.25) is 19.3 Å². The third-order valence-corrected chi connectivity index (χ3v) is 6.54. The van der Waals surface area contributed by atoms with E-state index in [1.807, 2.05) is 30.3 Å². The maximum absolute atomic E-state index is 13.0. The van der Waals surface area contributed by atoms with E-state index < -0.39 is 11.3 Å². The fourth-order valence-corrected chi connectivity index (χ4v) is 4.65. The van der Waals surface area contributed by atoms with Crippen molar-refractivity contribution in [2.24, 2.45) is 0 Å². The zero-order chi connectivity index (χ0) is 21.1. The first-order valence-electron chi connectivity index (χ1n) is 9.84. The Labute approximate surface area is 178 Å². The highest BCUT2D eigenvalue weighted by Crippen LogP contribution is 2.43. The van der Waals surface area contributed by atoms with Crippen LogP contribution in [0.4, 0.5) is 9.18 Å². The molecule has 2 aromatic carbocycles. The van der Waals surface area contributed by atoms with E-state index in [-0.39, 0.29) is 35.0 Å². The number of hydrogen-bond donors (Lipinski definition) is 1. The summed E-state index contributed by atoms with van der Waals surface area (Å²) in [5.74, 6) is -0.825. The van der Waals surface area contributed by atoms with Crippen molar-refractivity contribution in [3.63, 3.8) is 0 Å². The lowest BCUT2D eigenvalue weighted by molar-refractivity contribution is -0.130. The van der Waals surface area contributed by atoms with Gasteiger partial charge in [-0.2, -0.15) is 0 Å². The van der Waals surface area contributed by atoms with Crippen LogP contribution in [-0.2, 0) is 15.0 Å². The van der Waals surface area contributed by atoms with Crippen molar-refractivity contribution >= 4 is 34.9 Å². The quantitative estimate of drug-likeness (QED) is 0.709. The van der Waals surface area contributed by atoms with Gasteiger partial charge in [-0.25, -0.2) is 4.39 Å². The van der Waals surface area contributed by atoms with Crippen LogP contribution >= 0.6 is 11.8 Å². The first-order valence-corrected chi connectivity index (χ1v) is 10.7. The maximum atomic E-state index is 13.0. The molecule has 30 heavy (non-hydrogen) atoms. The second-order valence-corrected chi connectivity index (χ2v) is 8.44. The van der Waals surface area contributed by atoms with Crippen molar-refractivity contribution in [3.8, 4) is 0 Å². The molecule has 4 rings (SSSR count). The molecule has 2 fully saturated rings. The highest BCUT2D eigenvalue weighted by atomic mass is 32.2. The Bertz CT molecular complexity index is 1000. The lowest BCUT2D eigenvalue weighted by atomic mass is 9.64. The van der Waals surface area contributed by atoms with Gasteiger partial charge in [0.2, 0.25) is 5.91 Å². The van der Waals surface area contributed by atoms with Crippen molar-refractivity contribution in [1.82, 2.24) is 10.2 Å². The van der Waals surface area contributed by atoms with Gasteiger partial charge >= 0.3 is 0 Å². The molecule has 0 atom stereocenters. The van der Waals surface area contributed by atoms with Gasteiger partial charge in [-0.05, 0) is 53.9 Å². The third-order valence-electron chi connectivity index (χ3n) is 5.63. The number of halogens is 1. The molecule has 1 N–H and O–H groups in total. The molecule has 0 spiro atoms. The van der Waals surface area contributed by atoms with Crippen LogP contribution in [0.25, 0.3) is 6.08 Å². The summed E-state index contributed by atoms with van der Waals surface area (Å²) >= 11 is 0.850. The minimum absolute atomic E-state index is 0.0613. The molecule has 2 aliphatic rings. The first-order chi connectivity index (χ1) is 14.5. The van der Waals surface area contributed by atoms with Crippen molar-refractivity contribution in [2.75, 3.05) is 13.1 Å². The van der Waals surface area contributed by atoms with Crippen molar-refractivity contribution < 1.29 is 18.8 Å². The lowest BCUT2D eigenvalue weighted by Crippen LogP contribution is -2.50. The van der Waals surface area contributed by atoms with Crippen LogP contribution in [-0.4, -0.2) is 35.0 Å². The van der Waals surface area contributed by atoms with E-state index in [4.69, 9.17) is 0 Å². The number of nitrogens with one attached hydrogen (secondary N) is 1. The largest absolute Gasteiger partial charge is 0.354 e. The van der Waals surface area contributed by atoms with E-state index in [1.165, 1.54) is 12.1 Å². The van der Waals surface area contributed by atoms with Crippen molar-refractivity contribution in [1.29, 1.82) is 0 Å². The fourth-order valence-electron chi connectivity index (χ4n) is 3.79. The number of hydrogen-bond acceptors (Lipinski definition) is 4. The van der Waals surface area contributed by atoms with Gasteiger partial charge in [0.25, 0.3) is 11.1 Å². The first kappa shape index (κ1) is 20.3. The Morgan fingerprint density at radius 3 is 2.43 bits per heavy atom. The SMILES string of the molecule is O=C1SC(=Cc2ccc(F)cc2)C(=O)N1CCNC(=O)C1(c2ccccc2)CCC1. The molecule has 0 aromatic heterocycles. The highest BCUT2D eigenvalue weighted by molar-refractivity contribution is 8.18. The normalized spacial score (nSPS) is 19.1. The minimum Gasteiger partial charge on any atom is -0.354 e. The van der Waals surface area contributed by atoms with Gasteiger partial charge < -0.3 is 5.32 Å². The van der Waals surface area contributed by atoms with E-state index >= 15 is 0 Å². The summed E-state index contributed by atoms with van der Waals surface area (Å²) in [5.41, 5.74) is 1.13. The average Bonchev–Trinajstić information content (AvgIpc) is 2.97. The van der Waals surface area contributed by atoms with Crippen molar-refractivity contribution in [3.05, 3.63) is 76.4 Å². The predicted octanol–water partition coefficient (Wildman–Crippen LogP) is 4.10. The Kier molecular flexibility index (Phi) is 5.72. The van der Waals surface area contributed by atoms with Crippen LogP contribution in [0.3, 0.4) is 0 Å². The number of nitrogens with zero attached hydrogens (tertiary/aromatic N) is 1. The summed E-state index contributed by atoms with van der Waals surface area (Å²) in [6, 6.07) is 15.4. The van der Waals surface area contributed by atoms with E-state index in [0.717, 1.165) is 41.5 Å². The number of carbonyl (C=O) groups excluding carboxylic acids is 3. The average molecular weight is 424 g/mol. The van der Waals surface area contributed by atoms with Crippen LogP contribution in [0, 0.1) is 5.82 Å². The molecular weight excluding hydrogens is 403 g/mol. The Morgan fingerprint density at radius 2 is 1.80 bits per heavy atom. The summed E-state index contributed by atoms with van der Waals surface area (Å²) in [6.07, 6.45) is 4.16. The number of benzene rings is 2. The number of imide groups is 1. The van der Waals surface area contributed by atoms with Crippen LogP contribution in [0.2, 0.25) is 0 Å². The standard InChI is InChI=1S/C23H21FN2O3S/c24-18-9-7-16(8-10-18)15-19-20(27)26(22(29)30-19)14-13-25-21(28)23(11-4-12-23)17-5-2-1-3-6-17/h1-3,5-10,15H,4,11-14H2,(H,25,28). The second-order valence-electron chi connectivity index (χ2n) is 7.44. The van der Waals surface area contributed by atoms with E-state index in [0.29, 0.717) is 5.56 Å². The zero-order valence-corrected chi connectivity index (χ0v) is 17.1. The molecule has 154 valence electrons. The van der Waals surface area contributed by atoms with E-state index in [9.17, 15) is 18.8 Å². The van der Waals surface area contributed by atoms with E-state index in [2.05, 4.69) is 5.32 Å². The summed E-state index contributed by atoms with van der Waals surface area (Å²) in [6.45, 7) is 0.317. The number of thioether (sulfide) groups is 1. The Balaban J connectivity index is 1.37. The maximum Gasteiger partial charge on any atom is 0.293 e.